The fourth-order valence-corrected chi connectivity index (χ4v) is 2.80. The van der Waals surface area contributed by atoms with Crippen LogP contribution in [-0.2, 0) is 14.3 Å². The van der Waals surface area contributed by atoms with E-state index in [2.05, 4.69) is 5.32 Å². The van der Waals surface area contributed by atoms with Crippen LogP contribution in [0.2, 0.25) is 5.02 Å². The molecule has 3 amide bonds. The molecule has 0 aliphatic carbocycles. The summed E-state index contributed by atoms with van der Waals surface area (Å²) in [5.41, 5.74) is -0.0124. The molecule has 1 aliphatic heterocycles. The Bertz CT molecular complexity index is 694. The van der Waals surface area contributed by atoms with Crippen LogP contribution >= 0.6 is 11.6 Å². The van der Waals surface area contributed by atoms with E-state index in [0.29, 0.717) is 36.9 Å². The summed E-state index contributed by atoms with van der Waals surface area (Å²) in [7, 11) is 0. The molecular formula is C19H26ClN3O4. The van der Waals surface area contributed by atoms with Gasteiger partial charge < -0.3 is 19.9 Å². The molecule has 148 valence electrons. The van der Waals surface area contributed by atoms with Crippen LogP contribution in [0.1, 0.15) is 33.6 Å². The fraction of sp³-hybridized carbons (Fsp3) is 0.526. The number of amides is 3. The van der Waals surface area contributed by atoms with E-state index in [4.69, 9.17) is 16.3 Å². The van der Waals surface area contributed by atoms with Crippen LogP contribution in [-0.4, -0.2) is 59.5 Å². The minimum absolute atomic E-state index is 0.0797. The Hall–Kier alpha value is -2.28. The van der Waals surface area contributed by atoms with Gasteiger partial charge in [-0.05, 0) is 32.9 Å². The zero-order valence-corrected chi connectivity index (χ0v) is 16.7. The summed E-state index contributed by atoms with van der Waals surface area (Å²) in [4.78, 5) is 39.6. The number of anilines is 1. The van der Waals surface area contributed by atoms with Gasteiger partial charge in [0.25, 0.3) is 0 Å². The van der Waals surface area contributed by atoms with Gasteiger partial charge in [0, 0.05) is 39.0 Å². The summed E-state index contributed by atoms with van der Waals surface area (Å²) >= 11 is 6.00. The number of ether oxygens (including phenoxy) is 1. The number of hydrogen-bond donors (Lipinski definition) is 1. The van der Waals surface area contributed by atoms with Gasteiger partial charge >= 0.3 is 6.09 Å². The highest BCUT2D eigenvalue weighted by atomic mass is 35.5. The van der Waals surface area contributed by atoms with Crippen molar-refractivity contribution in [3.63, 3.8) is 0 Å². The van der Waals surface area contributed by atoms with Gasteiger partial charge in [-0.2, -0.15) is 0 Å². The predicted octanol–water partition coefficient (Wildman–Crippen LogP) is 3.14. The number of piperazine rings is 1. The highest BCUT2D eigenvalue weighted by Crippen LogP contribution is 2.20. The van der Waals surface area contributed by atoms with Crippen molar-refractivity contribution in [2.75, 3.05) is 31.5 Å². The molecule has 1 aromatic carbocycles. The van der Waals surface area contributed by atoms with E-state index in [1.807, 2.05) is 20.8 Å². The average Bonchev–Trinajstić information content (AvgIpc) is 2.60. The molecule has 0 spiro atoms. The number of rotatable bonds is 4. The van der Waals surface area contributed by atoms with Crippen molar-refractivity contribution in [3.8, 4) is 0 Å². The summed E-state index contributed by atoms with van der Waals surface area (Å²) in [5.74, 6) is -0.364. The van der Waals surface area contributed by atoms with Gasteiger partial charge in [0.1, 0.15) is 5.60 Å². The van der Waals surface area contributed by atoms with Crippen molar-refractivity contribution in [1.82, 2.24) is 9.80 Å². The van der Waals surface area contributed by atoms with Gasteiger partial charge in [0.15, 0.2) is 0 Å². The molecular weight excluding hydrogens is 370 g/mol. The van der Waals surface area contributed by atoms with E-state index in [9.17, 15) is 14.4 Å². The van der Waals surface area contributed by atoms with Crippen LogP contribution in [0.4, 0.5) is 10.5 Å². The van der Waals surface area contributed by atoms with Gasteiger partial charge in [0.05, 0.1) is 10.7 Å². The molecule has 1 N–H and O–H groups in total. The lowest BCUT2D eigenvalue weighted by molar-refractivity contribution is -0.134. The molecule has 1 heterocycles. The van der Waals surface area contributed by atoms with Crippen LogP contribution in [0.25, 0.3) is 0 Å². The molecule has 2 rings (SSSR count). The summed E-state index contributed by atoms with van der Waals surface area (Å²) in [6.07, 6.45) is -0.173. The van der Waals surface area contributed by atoms with Crippen LogP contribution in [0.3, 0.4) is 0 Å². The molecule has 8 heteroatoms. The summed E-state index contributed by atoms with van der Waals surface area (Å²) in [5, 5.41) is 3.16. The third-order valence-electron chi connectivity index (χ3n) is 4.00. The first-order chi connectivity index (χ1) is 12.7. The highest BCUT2D eigenvalue weighted by Gasteiger charge is 2.27. The van der Waals surface area contributed by atoms with E-state index in [-0.39, 0.29) is 30.7 Å². The quantitative estimate of drug-likeness (QED) is 0.849. The third kappa shape index (κ3) is 6.75. The number of para-hydroxylation sites is 1. The molecule has 7 nitrogen and oxygen atoms in total. The number of nitrogens with one attached hydrogen (secondary N) is 1. The number of nitrogens with zero attached hydrogens (tertiary/aromatic N) is 2. The van der Waals surface area contributed by atoms with Crippen molar-refractivity contribution >= 4 is 35.2 Å². The van der Waals surface area contributed by atoms with Gasteiger partial charge in [0.2, 0.25) is 11.8 Å². The number of halogens is 1. The van der Waals surface area contributed by atoms with Crippen molar-refractivity contribution in [3.05, 3.63) is 29.3 Å². The SMILES string of the molecule is CC(C)(C)OC(=O)N1CCN(C(=O)CCC(=O)Nc2ccccc2Cl)CC1. The van der Waals surface area contributed by atoms with E-state index in [1.54, 1.807) is 34.1 Å². The first-order valence-electron chi connectivity index (χ1n) is 8.96. The number of carbonyl (C=O) groups excluding carboxylic acids is 3. The summed E-state index contributed by atoms with van der Waals surface area (Å²) in [6, 6.07) is 6.94. The second kappa shape index (κ2) is 9.08. The molecule has 0 saturated carbocycles. The fourth-order valence-electron chi connectivity index (χ4n) is 2.62. The molecule has 1 aromatic rings. The predicted molar refractivity (Wildman–Crippen MR) is 104 cm³/mol. The molecule has 1 saturated heterocycles. The molecule has 1 fully saturated rings. The monoisotopic (exact) mass is 395 g/mol. The van der Waals surface area contributed by atoms with E-state index < -0.39 is 5.60 Å². The van der Waals surface area contributed by atoms with Crippen LogP contribution < -0.4 is 5.32 Å². The highest BCUT2D eigenvalue weighted by molar-refractivity contribution is 6.33. The molecule has 0 atom stereocenters. The third-order valence-corrected chi connectivity index (χ3v) is 4.33. The average molecular weight is 396 g/mol. The number of carbonyl (C=O) groups is 3. The molecule has 0 aromatic heterocycles. The Morgan fingerprint density at radius 1 is 1.04 bits per heavy atom. The van der Waals surface area contributed by atoms with Gasteiger partial charge in [-0.25, -0.2) is 4.79 Å². The van der Waals surface area contributed by atoms with Crippen molar-refractivity contribution in [2.24, 2.45) is 0 Å². The Morgan fingerprint density at radius 2 is 1.63 bits per heavy atom. The van der Waals surface area contributed by atoms with Gasteiger partial charge in [-0.15, -0.1) is 0 Å². The van der Waals surface area contributed by atoms with Crippen molar-refractivity contribution < 1.29 is 19.1 Å². The van der Waals surface area contributed by atoms with Crippen LogP contribution in [0.15, 0.2) is 24.3 Å². The zero-order valence-electron chi connectivity index (χ0n) is 16.0. The van der Waals surface area contributed by atoms with Gasteiger partial charge in [-0.3, -0.25) is 9.59 Å². The molecule has 1 aliphatic rings. The Kier molecular flexibility index (Phi) is 7.07. The minimum atomic E-state index is -0.543. The Labute approximate surface area is 164 Å². The van der Waals surface area contributed by atoms with E-state index in [0.717, 1.165) is 0 Å². The number of benzene rings is 1. The molecule has 27 heavy (non-hydrogen) atoms. The Morgan fingerprint density at radius 3 is 2.22 bits per heavy atom. The zero-order chi connectivity index (χ0) is 20.0. The van der Waals surface area contributed by atoms with Crippen LogP contribution in [0, 0.1) is 0 Å². The maximum absolute atomic E-state index is 12.3. The second-order valence-electron chi connectivity index (χ2n) is 7.38. The summed E-state index contributed by atoms with van der Waals surface area (Å²) < 4.78 is 5.34. The summed E-state index contributed by atoms with van der Waals surface area (Å²) in [6.45, 7) is 7.17. The molecule has 0 unspecified atom stereocenters. The normalized spacial score (nSPS) is 14.7. The second-order valence-corrected chi connectivity index (χ2v) is 7.78. The standard InChI is InChI=1S/C19H26ClN3O4/c1-19(2,3)27-18(26)23-12-10-22(11-13-23)17(25)9-8-16(24)21-15-7-5-4-6-14(15)20/h4-7H,8-13H2,1-3H3,(H,21,24). The smallest absolute Gasteiger partial charge is 0.410 e. The lowest BCUT2D eigenvalue weighted by Gasteiger charge is -2.35. The van der Waals surface area contributed by atoms with Crippen molar-refractivity contribution in [2.45, 2.75) is 39.2 Å². The molecule has 0 bridgehead atoms. The van der Waals surface area contributed by atoms with Gasteiger partial charge in [-0.1, -0.05) is 23.7 Å². The maximum atomic E-state index is 12.3. The first-order valence-corrected chi connectivity index (χ1v) is 9.33. The first kappa shape index (κ1) is 21.0. The largest absolute Gasteiger partial charge is 0.444 e. The number of hydrogen-bond acceptors (Lipinski definition) is 4. The molecule has 0 radical (unpaired) electrons. The van der Waals surface area contributed by atoms with E-state index in [1.165, 1.54) is 0 Å². The topological polar surface area (TPSA) is 79.0 Å². The minimum Gasteiger partial charge on any atom is -0.444 e. The van der Waals surface area contributed by atoms with E-state index >= 15 is 0 Å². The lowest BCUT2D eigenvalue weighted by Crippen LogP contribution is -2.51. The lowest BCUT2D eigenvalue weighted by atomic mass is 10.2. The maximum Gasteiger partial charge on any atom is 0.410 e. The Balaban J connectivity index is 1.74. The van der Waals surface area contributed by atoms with Crippen LogP contribution in [0.5, 0.6) is 0 Å². The van der Waals surface area contributed by atoms with Crippen molar-refractivity contribution in [1.29, 1.82) is 0 Å².